The van der Waals surface area contributed by atoms with Gasteiger partial charge in [0.15, 0.2) is 17.3 Å². The minimum atomic E-state index is -1.01. The maximum atomic E-state index is 12.0. The van der Waals surface area contributed by atoms with Crippen molar-refractivity contribution in [2.75, 3.05) is 32.7 Å². The van der Waals surface area contributed by atoms with E-state index in [-0.39, 0.29) is 18.9 Å². The molecule has 0 atom stereocenters. The number of hydrogen-bond donors (Lipinski definition) is 2. The molecular weight excluding hydrogens is 252 g/mol. The molecule has 2 N–H and O–H groups in total. The van der Waals surface area contributed by atoms with Crippen molar-refractivity contribution >= 4 is 17.4 Å². The Hall–Kier alpha value is -2.28. The van der Waals surface area contributed by atoms with Crippen LogP contribution in [0.1, 0.15) is 10.4 Å². The number of anilines is 1. The standard InChI is InChI=1S/C12H14N2O5/c1-18-10-3-7-8(4-11(10)19-2)13-14(5-9(7)15)6-12(16)17/h3-4,13H,5-6H2,1-2H3,(H,16,17). The molecule has 0 radical (unpaired) electrons. The number of nitrogens with zero attached hydrogens (tertiary/aromatic N) is 1. The molecule has 1 aromatic rings. The molecular formula is C12H14N2O5. The first kappa shape index (κ1) is 13.2. The fraction of sp³-hybridized carbons (Fsp3) is 0.333. The average molecular weight is 266 g/mol. The monoisotopic (exact) mass is 266 g/mol. The van der Waals surface area contributed by atoms with E-state index in [4.69, 9.17) is 14.6 Å². The van der Waals surface area contributed by atoms with Crippen LogP contribution < -0.4 is 14.9 Å². The van der Waals surface area contributed by atoms with Crippen LogP contribution in [0.25, 0.3) is 0 Å². The molecule has 0 aliphatic carbocycles. The zero-order chi connectivity index (χ0) is 14.0. The van der Waals surface area contributed by atoms with Gasteiger partial charge in [-0.1, -0.05) is 0 Å². The highest BCUT2D eigenvalue weighted by Gasteiger charge is 2.26. The third kappa shape index (κ3) is 2.60. The van der Waals surface area contributed by atoms with Crippen molar-refractivity contribution in [2.45, 2.75) is 0 Å². The van der Waals surface area contributed by atoms with E-state index >= 15 is 0 Å². The number of carboxylic acid groups (broad SMARTS) is 1. The third-order valence-electron chi connectivity index (χ3n) is 2.76. The summed E-state index contributed by atoms with van der Waals surface area (Å²) in [5.74, 6) is -0.248. The SMILES string of the molecule is COc1cc2c(cc1OC)C(=O)CN(CC(=O)O)N2. The van der Waals surface area contributed by atoms with Crippen LogP contribution in [0.15, 0.2) is 12.1 Å². The van der Waals surface area contributed by atoms with Crippen molar-refractivity contribution in [1.29, 1.82) is 0 Å². The molecule has 7 heteroatoms. The van der Waals surface area contributed by atoms with Crippen molar-refractivity contribution in [3.8, 4) is 11.5 Å². The molecule has 0 saturated heterocycles. The van der Waals surface area contributed by atoms with Gasteiger partial charge < -0.3 is 20.0 Å². The summed E-state index contributed by atoms with van der Waals surface area (Å²) < 4.78 is 10.3. The second-order valence-electron chi connectivity index (χ2n) is 4.04. The number of hydrogen-bond acceptors (Lipinski definition) is 6. The lowest BCUT2D eigenvalue weighted by Gasteiger charge is -2.28. The van der Waals surface area contributed by atoms with Crippen LogP contribution in [0.2, 0.25) is 0 Å². The van der Waals surface area contributed by atoms with Crippen LogP contribution in [0.5, 0.6) is 11.5 Å². The summed E-state index contributed by atoms with van der Waals surface area (Å²) in [5, 5.41) is 10.1. The molecule has 0 spiro atoms. The van der Waals surface area contributed by atoms with Gasteiger partial charge >= 0.3 is 5.97 Å². The zero-order valence-corrected chi connectivity index (χ0v) is 10.6. The van der Waals surface area contributed by atoms with Crippen molar-refractivity contribution in [2.24, 2.45) is 0 Å². The van der Waals surface area contributed by atoms with E-state index in [2.05, 4.69) is 5.43 Å². The van der Waals surface area contributed by atoms with Gasteiger partial charge in [0.25, 0.3) is 0 Å². The number of fused-ring (bicyclic) bond motifs is 1. The lowest BCUT2D eigenvalue weighted by Crippen LogP contribution is -2.42. The minimum absolute atomic E-state index is 0.00518. The summed E-state index contributed by atoms with van der Waals surface area (Å²) in [6.45, 7) is -0.270. The van der Waals surface area contributed by atoms with Crippen molar-refractivity contribution in [1.82, 2.24) is 5.01 Å². The number of carbonyl (C=O) groups is 2. The Bertz CT molecular complexity index is 529. The highest BCUT2D eigenvalue weighted by Crippen LogP contribution is 2.35. The smallest absolute Gasteiger partial charge is 0.319 e. The van der Waals surface area contributed by atoms with Crippen LogP contribution in [-0.2, 0) is 4.79 Å². The predicted molar refractivity (Wildman–Crippen MR) is 66.7 cm³/mol. The minimum Gasteiger partial charge on any atom is -0.493 e. The van der Waals surface area contributed by atoms with Crippen LogP contribution >= 0.6 is 0 Å². The van der Waals surface area contributed by atoms with Gasteiger partial charge in [0, 0.05) is 11.6 Å². The summed E-state index contributed by atoms with van der Waals surface area (Å²) in [4.78, 5) is 22.6. The summed E-state index contributed by atoms with van der Waals surface area (Å²) in [7, 11) is 2.98. The number of methoxy groups -OCH3 is 2. The normalized spacial score (nSPS) is 14.5. The molecule has 0 saturated carbocycles. The van der Waals surface area contributed by atoms with Gasteiger partial charge in [0.2, 0.25) is 0 Å². The number of carbonyl (C=O) groups excluding carboxylic acids is 1. The van der Waals surface area contributed by atoms with E-state index in [0.717, 1.165) is 0 Å². The van der Waals surface area contributed by atoms with Gasteiger partial charge in [-0.05, 0) is 6.07 Å². The van der Waals surface area contributed by atoms with Crippen LogP contribution in [-0.4, -0.2) is 49.2 Å². The number of rotatable bonds is 4. The molecule has 7 nitrogen and oxygen atoms in total. The van der Waals surface area contributed by atoms with Crippen LogP contribution in [0.3, 0.4) is 0 Å². The molecule has 19 heavy (non-hydrogen) atoms. The fourth-order valence-corrected chi connectivity index (χ4v) is 1.93. The molecule has 102 valence electrons. The van der Waals surface area contributed by atoms with Gasteiger partial charge in [-0.15, -0.1) is 0 Å². The largest absolute Gasteiger partial charge is 0.493 e. The molecule has 0 bridgehead atoms. The third-order valence-corrected chi connectivity index (χ3v) is 2.76. The van der Waals surface area contributed by atoms with Crippen molar-refractivity contribution in [3.05, 3.63) is 17.7 Å². The van der Waals surface area contributed by atoms with E-state index in [0.29, 0.717) is 22.7 Å². The number of benzene rings is 1. The van der Waals surface area contributed by atoms with E-state index < -0.39 is 5.97 Å². The maximum absolute atomic E-state index is 12.0. The number of ether oxygens (including phenoxy) is 2. The highest BCUT2D eigenvalue weighted by molar-refractivity contribution is 6.04. The molecule has 0 unspecified atom stereocenters. The Balaban J connectivity index is 2.36. The Morgan fingerprint density at radius 3 is 2.58 bits per heavy atom. The number of Topliss-reactive ketones (excluding diaryl/α,β-unsaturated/α-hetero) is 1. The average Bonchev–Trinajstić information content (AvgIpc) is 2.36. The number of carboxylic acids is 1. The number of nitrogens with one attached hydrogen (secondary N) is 1. The number of hydrazine groups is 1. The van der Waals surface area contributed by atoms with Gasteiger partial charge in [0.05, 0.1) is 26.5 Å². The summed E-state index contributed by atoms with van der Waals surface area (Å²) in [6.07, 6.45) is 0. The van der Waals surface area contributed by atoms with Gasteiger partial charge in [-0.3, -0.25) is 9.59 Å². The fourth-order valence-electron chi connectivity index (χ4n) is 1.93. The van der Waals surface area contributed by atoms with E-state index in [1.165, 1.54) is 19.2 Å². The zero-order valence-electron chi connectivity index (χ0n) is 10.6. The van der Waals surface area contributed by atoms with E-state index in [1.54, 1.807) is 12.1 Å². The van der Waals surface area contributed by atoms with Crippen LogP contribution in [0.4, 0.5) is 5.69 Å². The Labute approximate surface area is 109 Å². The van der Waals surface area contributed by atoms with E-state index in [1.807, 2.05) is 0 Å². The molecule has 0 amide bonds. The number of ketones is 1. The second-order valence-corrected chi connectivity index (χ2v) is 4.04. The van der Waals surface area contributed by atoms with Crippen molar-refractivity contribution < 1.29 is 24.2 Å². The molecule has 1 aliphatic heterocycles. The van der Waals surface area contributed by atoms with E-state index in [9.17, 15) is 9.59 Å². The van der Waals surface area contributed by atoms with Gasteiger partial charge in [-0.2, -0.15) is 0 Å². The summed E-state index contributed by atoms with van der Waals surface area (Å²) in [6, 6.07) is 3.20. The summed E-state index contributed by atoms with van der Waals surface area (Å²) in [5.41, 5.74) is 3.85. The molecule has 2 rings (SSSR count). The van der Waals surface area contributed by atoms with Crippen molar-refractivity contribution in [3.63, 3.8) is 0 Å². The highest BCUT2D eigenvalue weighted by atomic mass is 16.5. The number of aliphatic carboxylic acids is 1. The maximum Gasteiger partial charge on any atom is 0.319 e. The first-order valence-electron chi connectivity index (χ1n) is 5.57. The lowest BCUT2D eigenvalue weighted by molar-refractivity contribution is -0.137. The Kier molecular flexibility index (Phi) is 3.57. The van der Waals surface area contributed by atoms with Crippen LogP contribution in [0, 0.1) is 0 Å². The molecule has 1 aromatic carbocycles. The summed E-state index contributed by atoms with van der Waals surface area (Å²) >= 11 is 0. The molecule has 0 fully saturated rings. The quantitative estimate of drug-likeness (QED) is 0.825. The Morgan fingerprint density at radius 2 is 2.00 bits per heavy atom. The predicted octanol–water partition coefficient (Wildman–Crippen LogP) is 0.614. The first-order chi connectivity index (χ1) is 9.05. The first-order valence-corrected chi connectivity index (χ1v) is 5.57. The van der Waals surface area contributed by atoms with Gasteiger partial charge in [0.1, 0.15) is 6.54 Å². The Morgan fingerprint density at radius 1 is 1.37 bits per heavy atom. The molecule has 1 aliphatic rings. The molecule has 0 aromatic heterocycles. The lowest BCUT2D eigenvalue weighted by atomic mass is 10.1. The topological polar surface area (TPSA) is 88.1 Å². The molecule has 1 heterocycles. The van der Waals surface area contributed by atoms with Gasteiger partial charge in [-0.25, -0.2) is 5.01 Å². The second kappa shape index (κ2) is 5.15.